The molecule has 0 bridgehead atoms. The first-order valence-corrected chi connectivity index (χ1v) is 4.92. The zero-order chi connectivity index (χ0) is 10.6. The molecule has 0 atom stereocenters. The van der Waals surface area contributed by atoms with Gasteiger partial charge in [0.25, 0.3) is 0 Å². The molecule has 1 aromatic carbocycles. The normalized spacial score (nSPS) is 9.93. The maximum absolute atomic E-state index is 10.6. The molecule has 2 nitrogen and oxygen atoms in total. The van der Waals surface area contributed by atoms with Gasteiger partial charge in [0.05, 0.1) is 11.6 Å². The number of hydrogen-bond acceptors (Lipinski definition) is 2. The third kappa shape index (κ3) is 3.56. The van der Waals surface area contributed by atoms with E-state index in [1.54, 1.807) is 18.2 Å². The molecule has 0 N–H and O–H groups in total. The van der Waals surface area contributed by atoms with Gasteiger partial charge in [-0.2, -0.15) is 0 Å². The summed E-state index contributed by atoms with van der Waals surface area (Å²) in [6, 6.07) is 4.97. The molecule has 0 heterocycles. The van der Waals surface area contributed by atoms with E-state index in [1.165, 1.54) is 6.92 Å². The van der Waals surface area contributed by atoms with E-state index in [0.29, 0.717) is 28.8 Å². The van der Waals surface area contributed by atoms with E-state index in [4.69, 9.17) is 27.9 Å². The van der Waals surface area contributed by atoms with Gasteiger partial charge in [-0.3, -0.25) is 4.79 Å². The van der Waals surface area contributed by atoms with E-state index in [9.17, 15) is 4.79 Å². The van der Waals surface area contributed by atoms with Crippen LogP contribution in [0, 0.1) is 0 Å². The van der Waals surface area contributed by atoms with Crippen molar-refractivity contribution in [3.63, 3.8) is 0 Å². The molecule has 4 heteroatoms. The predicted octanol–water partition coefficient (Wildman–Crippen LogP) is 3.35. The first kappa shape index (κ1) is 11.3. The summed E-state index contributed by atoms with van der Waals surface area (Å²) in [7, 11) is 0. The minimum atomic E-state index is 0.0863. The molecular weight excluding hydrogens is 223 g/mol. The molecule has 0 spiro atoms. The van der Waals surface area contributed by atoms with Crippen LogP contribution in [0.2, 0.25) is 10.0 Å². The van der Waals surface area contributed by atoms with Crippen molar-refractivity contribution < 1.29 is 9.53 Å². The van der Waals surface area contributed by atoms with Crippen LogP contribution in [-0.2, 0) is 4.79 Å². The van der Waals surface area contributed by atoms with Crippen LogP contribution in [0.1, 0.15) is 13.3 Å². The Hall–Kier alpha value is -0.730. The third-order valence-corrected chi connectivity index (χ3v) is 2.15. The lowest BCUT2D eigenvalue weighted by molar-refractivity contribution is -0.117. The fourth-order valence-electron chi connectivity index (χ4n) is 0.893. The second-order valence-corrected chi connectivity index (χ2v) is 3.72. The van der Waals surface area contributed by atoms with Crippen LogP contribution in [0.5, 0.6) is 5.75 Å². The highest BCUT2D eigenvalue weighted by Crippen LogP contribution is 2.27. The maximum Gasteiger partial charge on any atom is 0.139 e. The van der Waals surface area contributed by atoms with Gasteiger partial charge in [-0.15, -0.1) is 0 Å². The van der Waals surface area contributed by atoms with Gasteiger partial charge >= 0.3 is 0 Å². The number of ether oxygens (including phenoxy) is 1. The summed E-state index contributed by atoms with van der Waals surface area (Å²) in [5.74, 6) is 0.601. The summed E-state index contributed by atoms with van der Waals surface area (Å²) in [5.41, 5.74) is 0. The lowest BCUT2D eigenvalue weighted by Crippen LogP contribution is -2.02. The second kappa shape index (κ2) is 5.23. The Morgan fingerprint density at radius 3 is 2.79 bits per heavy atom. The number of hydrogen-bond donors (Lipinski definition) is 0. The first-order valence-electron chi connectivity index (χ1n) is 4.17. The molecular formula is C10H10Cl2O2. The first-order chi connectivity index (χ1) is 6.59. The van der Waals surface area contributed by atoms with E-state index in [2.05, 4.69) is 0 Å². The Morgan fingerprint density at radius 1 is 1.43 bits per heavy atom. The number of Topliss-reactive ketones (excluding diaryl/α,β-unsaturated/α-hetero) is 1. The maximum atomic E-state index is 10.6. The van der Waals surface area contributed by atoms with Crippen molar-refractivity contribution in [2.75, 3.05) is 6.61 Å². The van der Waals surface area contributed by atoms with E-state index in [0.717, 1.165) is 0 Å². The molecule has 0 saturated carbocycles. The largest absolute Gasteiger partial charge is 0.492 e. The summed E-state index contributed by atoms with van der Waals surface area (Å²) in [5, 5.41) is 1.06. The van der Waals surface area contributed by atoms with Gasteiger partial charge in [0.15, 0.2) is 0 Å². The Balaban J connectivity index is 2.57. The van der Waals surface area contributed by atoms with Gasteiger partial charge in [-0.05, 0) is 19.1 Å². The lowest BCUT2D eigenvalue weighted by Gasteiger charge is -2.06. The highest BCUT2D eigenvalue weighted by atomic mass is 35.5. The molecule has 0 saturated heterocycles. The molecule has 0 aliphatic rings. The number of carbonyl (C=O) groups is 1. The molecule has 0 unspecified atom stereocenters. The zero-order valence-corrected chi connectivity index (χ0v) is 9.23. The van der Waals surface area contributed by atoms with Gasteiger partial charge < -0.3 is 4.74 Å². The van der Waals surface area contributed by atoms with Crippen LogP contribution in [-0.4, -0.2) is 12.4 Å². The van der Waals surface area contributed by atoms with Crippen molar-refractivity contribution in [1.29, 1.82) is 0 Å². The van der Waals surface area contributed by atoms with Gasteiger partial charge in [0.2, 0.25) is 0 Å². The van der Waals surface area contributed by atoms with E-state index in [-0.39, 0.29) is 5.78 Å². The Labute approximate surface area is 92.8 Å². The van der Waals surface area contributed by atoms with Crippen molar-refractivity contribution in [1.82, 2.24) is 0 Å². The fraction of sp³-hybridized carbons (Fsp3) is 0.300. The van der Waals surface area contributed by atoms with E-state index >= 15 is 0 Å². The van der Waals surface area contributed by atoms with Crippen LogP contribution >= 0.6 is 23.2 Å². The van der Waals surface area contributed by atoms with Crippen LogP contribution in [0.3, 0.4) is 0 Å². The molecule has 0 amide bonds. The quantitative estimate of drug-likeness (QED) is 0.796. The minimum Gasteiger partial charge on any atom is -0.492 e. The Morgan fingerprint density at radius 2 is 2.14 bits per heavy atom. The number of ketones is 1. The van der Waals surface area contributed by atoms with Crippen molar-refractivity contribution in [3.05, 3.63) is 28.2 Å². The molecule has 1 rings (SSSR count). The van der Waals surface area contributed by atoms with Crippen LogP contribution in [0.15, 0.2) is 18.2 Å². The molecule has 14 heavy (non-hydrogen) atoms. The summed E-state index contributed by atoms with van der Waals surface area (Å²) < 4.78 is 5.29. The molecule has 76 valence electrons. The number of benzene rings is 1. The van der Waals surface area contributed by atoms with Gasteiger partial charge in [-0.25, -0.2) is 0 Å². The van der Waals surface area contributed by atoms with E-state index in [1.807, 2.05) is 0 Å². The highest BCUT2D eigenvalue weighted by Gasteiger charge is 2.02. The van der Waals surface area contributed by atoms with Crippen molar-refractivity contribution in [2.24, 2.45) is 0 Å². The number of carbonyl (C=O) groups excluding carboxylic acids is 1. The minimum absolute atomic E-state index is 0.0863. The van der Waals surface area contributed by atoms with E-state index < -0.39 is 0 Å². The summed E-state index contributed by atoms with van der Waals surface area (Å²) in [6.07, 6.45) is 0.378. The van der Waals surface area contributed by atoms with Gasteiger partial charge in [-0.1, -0.05) is 23.2 Å². The number of halogens is 2. The van der Waals surface area contributed by atoms with Gasteiger partial charge in [0.1, 0.15) is 11.5 Å². The Kier molecular flexibility index (Phi) is 4.23. The SMILES string of the molecule is CC(=O)CCOc1cc(Cl)ccc1Cl. The monoisotopic (exact) mass is 232 g/mol. The second-order valence-electron chi connectivity index (χ2n) is 2.88. The molecule has 0 fully saturated rings. The molecule has 0 radical (unpaired) electrons. The predicted molar refractivity (Wildman–Crippen MR) is 57.3 cm³/mol. The van der Waals surface area contributed by atoms with Crippen LogP contribution in [0.4, 0.5) is 0 Å². The summed E-state index contributed by atoms with van der Waals surface area (Å²) in [4.78, 5) is 10.6. The number of rotatable bonds is 4. The molecule has 1 aromatic rings. The van der Waals surface area contributed by atoms with Crippen molar-refractivity contribution in [3.8, 4) is 5.75 Å². The molecule has 0 aromatic heterocycles. The van der Waals surface area contributed by atoms with Crippen molar-refractivity contribution >= 4 is 29.0 Å². The molecule has 0 aliphatic carbocycles. The Bertz CT molecular complexity index is 337. The lowest BCUT2D eigenvalue weighted by atomic mass is 10.3. The average Bonchev–Trinajstić information content (AvgIpc) is 2.10. The summed E-state index contributed by atoms with van der Waals surface area (Å²) in [6.45, 7) is 1.85. The van der Waals surface area contributed by atoms with Crippen LogP contribution < -0.4 is 4.74 Å². The topological polar surface area (TPSA) is 26.3 Å². The molecule has 0 aliphatic heterocycles. The smallest absolute Gasteiger partial charge is 0.139 e. The fourth-order valence-corrected chi connectivity index (χ4v) is 1.23. The standard InChI is InChI=1S/C10H10Cl2O2/c1-7(13)4-5-14-10-6-8(11)2-3-9(10)12/h2-3,6H,4-5H2,1H3. The van der Waals surface area contributed by atoms with Crippen molar-refractivity contribution in [2.45, 2.75) is 13.3 Å². The van der Waals surface area contributed by atoms with Crippen LogP contribution in [0.25, 0.3) is 0 Å². The highest BCUT2D eigenvalue weighted by molar-refractivity contribution is 6.34. The van der Waals surface area contributed by atoms with Gasteiger partial charge in [0, 0.05) is 17.5 Å². The zero-order valence-electron chi connectivity index (χ0n) is 7.72. The summed E-state index contributed by atoms with van der Waals surface area (Å²) >= 11 is 11.6. The average molecular weight is 233 g/mol. The third-order valence-electron chi connectivity index (χ3n) is 1.60.